The average molecular weight is 329 g/mol. The Morgan fingerprint density at radius 2 is 2.05 bits per heavy atom. The molecule has 0 aliphatic carbocycles. The van der Waals surface area contributed by atoms with Crippen LogP contribution >= 0.6 is 12.4 Å². The lowest BCUT2D eigenvalue weighted by Gasteiger charge is -2.22. The molecule has 1 heterocycles. The van der Waals surface area contributed by atoms with Crippen molar-refractivity contribution in [1.29, 1.82) is 0 Å². The smallest absolute Gasteiger partial charge is 0.319 e. The maximum Gasteiger partial charge on any atom is 0.319 e. The average Bonchev–Trinajstić information content (AvgIpc) is 2.48. The van der Waals surface area contributed by atoms with Crippen molar-refractivity contribution >= 4 is 35.7 Å². The van der Waals surface area contributed by atoms with E-state index in [1.165, 1.54) is 0 Å². The Kier molecular flexibility index (Phi) is 7.65. The van der Waals surface area contributed by atoms with Crippen molar-refractivity contribution in [1.82, 2.24) is 10.6 Å². The summed E-state index contributed by atoms with van der Waals surface area (Å²) in [5.41, 5.74) is 1.23. The summed E-state index contributed by atoms with van der Waals surface area (Å²) in [7, 11) is 0. The van der Waals surface area contributed by atoms with Crippen LogP contribution in [-0.2, 0) is 9.53 Å². The Morgan fingerprint density at radius 3 is 2.68 bits per heavy atom. The van der Waals surface area contributed by atoms with Gasteiger partial charge in [0.1, 0.15) is 6.10 Å². The van der Waals surface area contributed by atoms with E-state index < -0.39 is 6.10 Å². The monoisotopic (exact) mass is 328 g/mol. The van der Waals surface area contributed by atoms with Crippen molar-refractivity contribution in [3.63, 3.8) is 0 Å². The molecule has 2 rings (SSSR count). The third-order valence-corrected chi connectivity index (χ3v) is 2.95. The zero-order valence-corrected chi connectivity index (χ0v) is 13.2. The lowest BCUT2D eigenvalue weighted by Crippen LogP contribution is -2.45. The van der Waals surface area contributed by atoms with Crippen molar-refractivity contribution in [2.75, 3.05) is 36.9 Å². The van der Waals surface area contributed by atoms with Crippen molar-refractivity contribution in [3.8, 4) is 0 Å². The van der Waals surface area contributed by atoms with Gasteiger partial charge in [-0.2, -0.15) is 0 Å². The third-order valence-electron chi connectivity index (χ3n) is 2.95. The maximum absolute atomic E-state index is 12.0. The van der Waals surface area contributed by atoms with Crippen molar-refractivity contribution in [2.45, 2.75) is 13.0 Å². The van der Waals surface area contributed by atoms with Gasteiger partial charge in [-0.15, -0.1) is 12.4 Å². The highest BCUT2D eigenvalue weighted by atomic mass is 35.5. The first-order chi connectivity index (χ1) is 10.2. The van der Waals surface area contributed by atoms with Crippen LogP contribution in [-0.4, -0.2) is 44.3 Å². The topological polar surface area (TPSA) is 91.5 Å². The number of carbonyl (C=O) groups excluding carboxylic acids is 2. The molecule has 0 saturated carbocycles. The van der Waals surface area contributed by atoms with Crippen molar-refractivity contribution in [2.24, 2.45) is 0 Å². The molecule has 1 atom stereocenters. The van der Waals surface area contributed by atoms with Crippen LogP contribution in [0.15, 0.2) is 24.3 Å². The standard InChI is InChI=1S/C14H20N4O3.ClH/c1-2-16-14(20)18-11-5-3-4-10(8-11)17-13(19)12-9-15-6-7-21-12;/h3-5,8,12,15H,2,6-7,9H2,1H3,(H,17,19)(H2,16,18,20);1H. The number of amides is 3. The highest BCUT2D eigenvalue weighted by molar-refractivity contribution is 5.96. The molecule has 0 bridgehead atoms. The Morgan fingerprint density at radius 1 is 1.32 bits per heavy atom. The van der Waals surface area contributed by atoms with Gasteiger partial charge in [0.2, 0.25) is 0 Å². The summed E-state index contributed by atoms with van der Waals surface area (Å²) in [6.45, 7) is 4.18. The van der Waals surface area contributed by atoms with Gasteiger partial charge < -0.3 is 26.0 Å². The summed E-state index contributed by atoms with van der Waals surface area (Å²) in [4.78, 5) is 23.5. The Labute approximate surface area is 135 Å². The van der Waals surface area contributed by atoms with E-state index in [0.717, 1.165) is 6.54 Å². The van der Waals surface area contributed by atoms with E-state index in [-0.39, 0.29) is 24.3 Å². The molecule has 7 nitrogen and oxygen atoms in total. The Bertz CT molecular complexity index is 507. The molecule has 122 valence electrons. The first-order valence-electron chi connectivity index (χ1n) is 6.97. The first-order valence-corrected chi connectivity index (χ1v) is 6.97. The van der Waals surface area contributed by atoms with E-state index in [4.69, 9.17) is 4.74 Å². The van der Waals surface area contributed by atoms with Crippen molar-refractivity contribution < 1.29 is 14.3 Å². The van der Waals surface area contributed by atoms with Gasteiger partial charge >= 0.3 is 6.03 Å². The second-order valence-corrected chi connectivity index (χ2v) is 4.62. The van der Waals surface area contributed by atoms with Crippen LogP contribution in [0.25, 0.3) is 0 Å². The SMILES string of the molecule is CCNC(=O)Nc1cccc(NC(=O)C2CNCCO2)c1.Cl. The summed E-state index contributed by atoms with van der Waals surface area (Å²) < 4.78 is 5.38. The van der Waals surface area contributed by atoms with E-state index in [2.05, 4.69) is 21.3 Å². The molecule has 1 aliphatic rings. The van der Waals surface area contributed by atoms with E-state index >= 15 is 0 Å². The molecular formula is C14H21ClN4O3. The molecule has 1 saturated heterocycles. The van der Waals surface area contributed by atoms with Crippen LogP contribution in [0.4, 0.5) is 16.2 Å². The molecule has 4 N–H and O–H groups in total. The van der Waals surface area contributed by atoms with Crippen LogP contribution in [0, 0.1) is 0 Å². The molecule has 0 aromatic heterocycles. The Hall–Kier alpha value is -1.83. The number of rotatable bonds is 4. The van der Waals surface area contributed by atoms with E-state index in [1.54, 1.807) is 24.3 Å². The summed E-state index contributed by atoms with van der Waals surface area (Å²) in [5.74, 6) is -0.197. The number of halogens is 1. The quantitative estimate of drug-likeness (QED) is 0.668. The van der Waals surface area contributed by atoms with Crippen molar-refractivity contribution in [3.05, 3.63) is 24.3 Å². The lowest BCUT2D eigenvalue weighted by molar-refractivity contribution is -0.128. The minimum atomic E-state index is -0.487. The molecule has 22 heavy (non-hydrogen) atoms. The number of anilines is 2. The number of hydrogen-bond acceptors (Lipinski definition) is 4. The number of carbonyl (C=O) groups is 2. The van der Waals surface area contributed by atoms with Gasteiger partial charge in [-0.1, -0.05) is 6.07 Å². The second kappa shape index (κ2) is 9.24. The Balaban J connectivity index is 0.00000242. The number of ether oxygens (including phenoxy) is 1. The fraction of sp³-hybridized carbons (Fsp3) is 0.429. The summed E-state index contributed by atoms with van der Waals surface area (Å²) >= 11 is 0. The number of urea groups is 1. The van der Waals surface area contributed by atoms with Crippen LogP contribution in [0.3, 0.4) is 0 Å². The van der Waals surface area contributed by atoms with Gasteiger partial charge in [0.25, 0.3) is 5.91 Å². The number of morpholine rings is 1. The van der Waals surface area contributed by atoms with Gasteiger partial charge in [0, 0.05) is 31.0 Å². The largest absolute Gasteiger partial charge is 0.366 e. The molecular weight excluding hydrogens is 308 g/mol. The highest BCUT2D eigenvalue weighted by Gasteiger charge is 2.21. The number of hydrogen-bond donors (Lipinski definition) is 4. The molecule has 3 amide bonds. The minimum Gasteiger partial charge on any atom is -0.366 e. The highest BCUT2D eigenvalue weighted by Crippen LogP contribution is 2.15. The zero-order valence-electron chi connectivity index (χ0n) is 12.3. The normalized spacial score (nSPS) is 17.0. The minimum absolute atomic E-state index is 0. The van der Waals surface area contributed by atoms with Gasteiger partial charge in [-0.25, -0.2) is 4.79 Å². The first kappa shape index (κ1) is 18.2. The molecule has 0 radical (unpaired) electrons. The molecule has 1 fully saturated rings. The molecule has 1 aromatic rings. The molecule has 1 unspecified atom stereocenters. The zero-order chi connectivity index (χ0) is 15.1. The van der Waals surface area contributed by atoms with E-state index in [0.29, 0.717) is 31.1 Å². The molecule has 1 aromatic carbocycles. The van der Waals surface area contributed by atoms with Gasteiger partial charge in [0.05, 0.1) is 6.61 Å². The lowest BCUT2D eigenvalue weighted by atomic mass is 10.2. The fourth-order valence-corrected chi connectivity index (χ4v) is 1.97. The predicted octanol–water partition coefficient (Wildman–Crippen LogP) is 1.18. The van der Waals surface area contributed by atoms with Gasteiger partial charge in [-0.3, -0.25) is 4.79 Å². The molecule has 0 spiro atoms. The van der Waals surface area contributed by atoms with Crippen LogP contribution in [0.2, 0.25) is 0 Å². The summed E-state index contributed by atoms with van der Waals surface area (Å²) in [6, 6.07) is 6.70. The fourth-order valence-electron chi connectivity index (χ4n) is 1.97. The molecule has 1 aliphatic heterocycles. The third kappa shape index (κ3) is 5.51. The van der Waals surface area contributed by atoms with Gasteiger partial charge in [0.15, 0.2) is 0 Å². The van der Waals surface area contributed by atoms with E-state index in [1.807, 2.05) is 6.92 Å². The predicted molar refractivity (Wildman–Crippen MR) is 87.6 cm³/mol. The number of nitrogens with one attached hydrogen (secondary N) is 4. The van der Waals surface area contributed by atoms with Crippen LogP contribution < -0.4 is 21.3 Å². The van der Waals surface area contributed by atoms with Gasteiger partial charge in [-0.05, 0) is 25.1 Å². The molecule has 8 heteroatoms. The van der Waals surface area contributed by atoms with Crippen LogP contribution in [0.5, 0.6) is 0 Å². The summed E-state index contributed by atoms with van der Waals surface area (Å²) in [6.07, 6.45) is -0.487. The van der Waals surface area contributed by atoms with E-state index in [9.17, 15) is 9.59 Å². The number of benzene rings is 1. The second-order valence-electron chi connectivity index (χ2n) is 4.62. The summed E-state index contributed by atoms with van der Waals surface area (Å²) in [5, 5.41) is 11.2. The van der Waals surface area contributed by atoms with Crippen LogP contribution in [0.1, 0.15) is 6.92 Å². The maximum atomic E-state index is 12.0.